The first kappa shape index (κ1) is 12.0. The van der Waals surface area contributed by atoms with Gasteiger partial charge in [0.15, 0.2) is 0 Å². The minimum absolute atomic E-state index is 0.438. The van der Waals surface area contributed by atoms with E-state index in [2.05, 4.69) is 0 Å². The van der Waals surface area contributed by atoms with E-state index < -0.39 is 24.1 Å². The maximum Gasteiger partial charge on any atom is 0.218 e. The molecule has 1 aliphatic heterocycles. The van der Waals surface area contributed by atoms with Gasteiger partial charge in [0.2, 0.25) is 6.29 Å². The molecule has 0 unspecified atom stereocenters. The van der Waals surface area contributed by atoms with Gasteiger partial charge in [-0.15, -0.1) is 0 Å². The van der Waals surface area contributed by atoms with E-state index in [0.717, 1.165) is 6.42 Å². The van der Waals surface area contributed by atoms with Crippen LogP contribution >= 0.6 is 0 Å². The topological polar surface area (TPSA) is 68.2 Å². The monoisotopic (exact) mass is 230 g/mol. The van der Waals surface area contributed by atoms with E-state index >= 15 is 0 Å². The van der Waals surface area contributed by atoms with Crippen molar-refractivity contribution in [3.63, 3.8) is 0 Å². The molecule has 0 spiro atoms. The molecular formula is C11H18O5. The van der Waals surface area contributed by atoms with Crippen LogP contribution in [-0.4, -0.2) is 41.4 Å². The first-order valence-electron chi connectivity index (χ1n) is 5.56. The molecule has 2 N–H and O–H groups in total. The van der Waals surface area contributed by atoms with Gasteiger partial charge in [0, 0.05) is 13.5 Å². The Balaban J connectivity index is 2.21. The first-order valence-corrected chi connectivity index (χ1v) is 5.56. The summed E-state index contributed by atoms with van der Waals surface area (Å²) in [6, 6.07) is 0. The van der Waals surface area contributed by atoms with Crippen LogP contribution in [0.3, 0.4) is 0 Å². The van der Waals surface area contributed by atoms with E-state index in [4.69, 9.17) is 14.5 Å². The minimum atomic E-state index is -1.10. The van der Waals surface area contributed by atoms with Gasteiger partial charge < -0.3 is 14.9 Å². The zero-order valence-electron chi connectivity index (χ0n) is 9.33. The van der Waals surface area contributed by atoms with Crippen LogP contribution in [0.5, 0.6) is 0 Å². The second-order valence-corrected chi connectivity index (χ2v) is 4.37. The van der Waals surface area contributed by atoms with Crippen LogP contribution in [0.2, 0.25) is 0 Å². The largest absolute Gasteiger partial charge is 0.390 e. The van der Waals surface area contributed by atoms with Gasteiger partial charge in [-0.3, -0.25) is 0 Å². The van der Waals surface area contributed by atoms with Gasteiger partial charge in [0.25, 0.3) is 0 Å². The highest BCUT2D eigenvalue weighted by molar-refractivity contribution is 4.97. The summed E-state index contributed by atoms with van der Waals surface area (Å²) < 4.78 is 5.40. The summed E-state index contributed by atoms with van der Waals surface area (Å²) in [5.41, 5.74) is -0.779. The summed E-state index contributed by atoms with van der Waals surface area (Å²) in [6.45, 7) is 0. The van der Waals surface area contributed by atoms with Crippen molar-refractivity contribution >= 4 is 0 Å². The molecule has 1 saturated heterocycles. The zero-order valence-corrected chi connectivity index (χ0v) is 9.33. The van der Waals surface area contributed by atoms with Crippen molar-refractivity contribution in [1.82, 2.24) is 0 Å². The lowest BCUT2D eigenvalue weighted by Crippen LogP contribution is -2.54. The Morgan fingerprint density at radius 2 is 2.12 bits per heavy atom. The van der Waals surface area contributed by atoms with E-state index in [1.807, 2.05) is 12.2 Å². The lowest BCUT2D eigenvalue weighted by atomic mass is 9.88. The van der Waals surface area contributed by atoms with Crippen LogP contribution in [0.1, 0.15) is 25.7 Å². The molecule has 1 heterocycles. The number of aliphatic hydroxyl groups excluding tert-OH is 2. The average Bonchev–Trinajstić information content (AvgIpc) is 2.36. The van der Waals surface area contributed by atoms with Gasteiger partial charge in [0.05, 0.1) is 6.10 Å². The first-order chi connectivity index (χ1) is 7.68. The Bertz CT molecular complexity index is 267. The van der Waals surface area contributed by atoms with Crippen molar-refractivity contribution < 1.29 is 24.7 Å². The fourth-order valence-electron chi connectivity index (χ4n) is 2.23. The standard InChI is InChI=1S/C11H18O5/c1-14-11-6-4-2-3-5-8(12)9(7-11)15-16-10(11)13/h2-3,8-10,12-13H,4-7H2,1H3/b3-2-/t8-,9+,10-,11+/m0/s1. The number of allylic oxidation sites excluding steroid dienone is 1. The second-order valence-electron chi connectivity index (χ2n) is 4.37. The molecule has 2 aliphatic rings. The number of hydrogen-bond donors (Lipinski definition) is 2. The minimum Gasteiger partial charge on any atom is -0.390 e. The van der Waals surface area contributed by atoms with Crippen molar-refractivity contribution in [2.45, 2.75) is 49.8 Å². The molecule has 1 aliphatic carbocycles. The summed E-state index contributed by atoms with van der Waals surface area (Å²) in [6.07, 6.45) is 4.12. The second kappa shape index (κ2) is 4.81. The lowest BCUT2D eigenvalue weighted by Gasteiger charge is -2.42. The summed E-state index contributed by atoms with van der Waals surface area (Å²) in [4.78, 5) is 9.82. The quantitative estimate of drug-likeness (QED) is 0.507. The third-order valence-corrected chi connectivity index (χ3v) is 3.38. The Morgan fingerprint density at radius 1 is 1.31 bits per heavy atom. The number of ether oxygens (including phenoxy) is 1. The van der Waals surface area contributed by atoms with E-state index in [0.29, 0.717) is 19.3 Å². The normalized spacial score (nSPS) is 46.6. The highest BCUT2D eigenvalue weighted by atomic mass is 17.2. The molecule has 0 saturated carbocycles. The van der Waals surface area contributed by atoms with E-state index in [1.165, 1.54) is 0 Å². The van der Waals surface area contributed by atoms with Gasteiger partial charge in [0.1, 0.15) is 11.7 Å². The number of methoxy groups -OCH3 is 1. The van der Waals surface area contributed by atoms with E-state index in [-0.39, 0.29) is 0 Å². The van der Waals surface area contributed by atoms with Crippen LogP contribution in [0, 0.1) is 0 Å². The Labute approximate surface area is 94.5 Å². The maximum atomic E-state index is 9.85. The molecule has 0 aromatic heterocycles. The molecule has 0 aromatic carbocycles. The Morgan fingerprint density at radius 3 is 2.88 bits per heavy atom. The van der Waals surface area contributed by atoms with Crippen LogP contribution < -0.4 is 0 Å². The third-order valence-electron chi connectivity index (χ3n) is 3.38. The number of aliphatic hydroxyl groups is 2. The molecule has 0 amide bonds. The molecular weight excluding hydrogens is 212 g/mol. The molecule has 92 valence electrons. The summed E-state index contributed by atoms with van der Waals surface area (Å²) >= 11 is 0. The molecule has 4 atom stereocenters. The number of hydrogen-bond acceptors (Lipinski definition) is 5. The van der Waals surface area contributed by atoms with E-state index in [1.54, 1.807) is 7.11 Å². The predicted molar refractivity (Wildman–Crippen MR) is 55.3 cm³/mol. The Kier molecular flexibility index (Phi) is 3.61. The molecule has 1 fully saturated rings. The van der Waals surface area contributed by atoms with Gasteiger partial charge >= 0.3 is 0 Å². The van der Waals surface area contributed by atoms with Crippen molar-refractivity contribution in [1.29, 1.82) is 0 Å². The lowest BCUT2D eigenvalue weighted by molar-refractivity contribution is -0.462. The van der Waals surface area contributed by atoms with Crippen molar-refractivity contribution in [3.05, 3.63) is 12.2 Å². The van der Waals surface area contributed by atoms with Crippen LogP contribution in [-0.2, 0) is 14.5 Å². The fraction of sp³-hybridized carbons (Fsp3) is 0.818. The van der Waals surface area contributed by atoms with Crippen molar-refractivity contribution in [2.75, 3.05) is 7.11 Å². The zero-order chi connectivity index (χ0) is 11.6. The van der Waals surface area contributed by atoms with Crippen LogP contribution in [0.15, 0.2) is 12.2 Å². The fourth-order valence-corrected chi connectivity index (χ4v) is 2.23. The smallest absolute Gasteiger partial charge is 0.218 e. The molecule has 5 heteroatoms. The Hall–Kier alpha value is -0.460. The van der Waals surface area contributed by atoms with Gasteiger partial charge in [-0.05, 0) is 19.3 Å². The van der Waals surface area contributed by atoms with E-state index in [9.17, 15) is 10.2 Å². The molecule has 16 heavy (non-hydrogen) atoms. The summed E-state index contributed by atoms with van der Waals surface area (Å²) in [7, 11) is 1.54. The molecule has 0 aromatic rings. The average molecular weight is 230 g/mol. The number of rotatable bonds is 1. The summed E-state index contributed by atoms with van der Waals surface area (Å²) in [5.74, 6) is 0. The highest BCUT2D eigenvalue weighted by Crippen LogP contribution is 2.36. The third kappa shape index (κ3) is 2.14. The van der Waals surface area contributed by atoms with Crippen molar-refractivity contribution in [3.8, 4) is 0 Å². The van der Waals surface area contributed by atoms with Crippen LogP contribution in [0.4, 0.5) is 0 Å². The SMILES string of the molecule is CO[C@]12CC/C=C\C[C@H](O)[C@@H](C1)OO[C@@H]2O. The van der Waals surface area contributed by atoms with Gasteiger partial charge in [-0.25, -0.2) is 9.78 Å². The van der Waals surface area contributed by atoms with Crippen molar-refractivity contribution in [2.24, 2.45) is 0 Å². The number of fused-ring (bicyclic) bond motifs is 2. The van der Waals surface area contributed by atoms with Gasteiger partial charge in [-0.1, -0.05) is 12.2 Å². The molecule has 0 radical (unpaired) electrons. The summed E-state index contributed by atoms with van der Waals surface area (Å²) in [5, 5.41) is 19.6. The molecule has 5 nitrogen and oxygen atoms in total. The van der Waals surface area contributed by atoms with Crippen LogP contribution in [0.25, 0.3) is 0 Å². The predicted octanol–water partition coefficient (Wildman–Crippen LogP) is 0.511. The highest BCUT2D eigenvalue weighted by Gasteiger charge is 2.47. The maximum absolute atomic E-state index is 9.85. The van der Waals surface area contributed by atoms with Gasteiger partial charge in [-0.2, -0.15) is 0 Å². The molecule has 2 bridgehead atoms. The molecule has 2 rings (SSSR count).